The van der Waals surface area contributed by atoms with E-state index in [4.69, 9.17) is 11.1 Å². The molecule has 4 heteroatoms. The number of nitrogens with one attached hydrogen (secondary N) is 1. The van der Waals surface area contributed by atoms with Gasteiger partial charge in [-0.3, -0.25) is 5.41 Å². The summed E-state index contributed by atoms with van der Waals surface area (Å²) in [7, 11) is 0. The van der Waals surface area contributed by atoms with Crippen molar-refractivity contribution >= 4 is 51.0 Å². The lowest BCUT2D eigenvalue weighted by molar-refractivity contribution is 1.23. The molecule has 2 nitrogen and oxygen atoms in total. The Morgan fingerprint density at radius 2 is 2.14 bits per heavy atom. The van der Waals surface area contributed by atoms with Crippen LogP contribution in [0.5, 0.6) is 0 Å². The molecule has 0 rings (SSSR count). The number of alkyl halides is 2. The zero-order valence-corrected chi connectivity index (χ0v) is 7.93. The Balaban J connectivity index is 3.13. The maximum atomic E-state index is 6.79. The van der Waals surface area contributed by atoms with Crippen LogP contribution < -0.4 is 5.73 Å². The standard InChI is InChI=1S/C3H6I2N2/c4-2(5)1-3(6)7/h2H,1H2,(H3,6,7). The highest BCUT2D eigenvalue weighted by Crippen LogP contribution is 2.12. The summed E-state index contributed by atoms with van der Waals surface area (Å²) < 4.78 is 0.465. The van der Waals surface area contributed by atoms with Crippen LogP contribution in [0.15, 0.2) is 0 Å². The minimum atomic E-state index is 0.272. The predicted octanol–water partition coefficient (Wildman–Crippen LogP) is 1.51. The molecular weight excluding hydrogens is 318 g/mol. The van der Waals surface area contributed by atoms with Gasteiger partial charge in [0.15, 0.2) is 0 Å². The second-order valence-electron chi connectivity index (χ2n) is 1.12. The van der Waals surface area contributed by atoms with Crippen LogP contribution in [0, 0.1) is 5.41 Å². The van der Waals surface area contributed by atoms with E-state index in [1.54, 1.807) is 0 Å². The monoisotopic (exact) mass is 324 g/mol. The van der Waals surface area contributed by atoms with Gasteiger partial charge in [0.2, 0.25) is 0 Å². The lowest BCUT2D eigenvalue weighted by atomic mass is 10.5. The third kappa shape index (κ3) is 6.93. The summed E-state index contributed by atoms with van der Waals surface area (Å²) in [5.74, 6) is 0.272. The molecule has 0 aliphatic rings. The van der Waals surface area contributed by atoms with Crippen molar-refractivity contribution in [2.75, 3.05) is 0 Å². The van der Waals surface area contributed by atoms with Gasteiger partial charge in [0, 0.05) is 6.42 Å². The maximum absolute atomic E-state index is 6.79. The molecule has 0 aromatic heterocycles. The summed E-state index contributed by atoms with van der Waals surface area (Å²) in [6.07, 6.45) is 0.696. The van der Waals surface area contributed by atoms with Crippen molar-refractivity contribution in [3.8, 4) is 0 Å². The molecule has 0 saturated carbocycles. The first-order valence-electron chi connectivity index (χ1n) is 1.74. The smallest absolute Gasteiger partial charge is 0.0923 e. The summed E-state index contributed by atoms with van der Waals surface area (Å²) in [5, 5.41) is 6.79. The molecule has 0 heterocycles. The van der Waals surface area contributed by atoms with Crippen molar-refractivity contribution in [2.24, 2.45) is 5.73 Å². The molecule has 3 N–H and O–H groups in total. The first-order chi connectivity index (χ1) is 3.13. The Bertz CT molecular complexity index is 71.3. The van der Waals surface area contributed by atoms with E-state index in [1.807, 2.05) is 0 Å². The molecule has 0 fully saturated rings. The van der Waals surface area contributed by atoms with Gasteiger partial charge in [-0.1, -0.05) is 45.2 Å². The van der Waals surface area contributed by atoms with Crippen LogP contribution in [0.1, 0.15) is 6.42 Å². The molecule has 0 aliphatic heterocycles. The van der Waals surface area contributed by atoms with Crippen molar-refractivity contribution in [2.45, 2.75) is 8.35 Å². The fraction of sp³-hybridized carbons (Fsp3) is 0.667. The molecule has 0 radical (unpaired) electrons. The Morgan fingerprint density at radius 1 is 1.71 bits per heavy atom. The van der Waals surface area contributed by atoms with Gasteiger partial charge in [0.1, 0.15) is 0 Å². The summed E-state index contributed by atoms with van der Waals surface area (Å²) in [5.41, 5.74) is 5.07. The van der Waals surface area contributed by atoms with Gasteiger partial charge >= 0.3 is 0 Å². The van der Waals surface area contributed by atoms with Crippen molar-refractivity contribution in [3.05, 3.63) is 0 Å². The van der Waals surface area contributed by atoms with E-state index in [1.165, 1.54) is 0 Å². The number of hydrogen-bond acceptors (Lipinski definition) is 1. The summed E-state index contributed by atoms with van der Waals surface area (Å²) in [6, 6.07) is 0. The minimum absolute atomic E-state index is 0.272. The highest BCUT2D eigenvalue weighted by Gasteiger charge is 1.96. The summed E-state index contributed by atoms with van der Waals surface area (Å²) >= 11 is 4.45. The summed E-state index contributed by atoms with van der Waals surface area (Å²) in [4.78, 5) is 0. The average molecular weight is 324 g/mol. The Morgan fingerprint density at radius 3 is 2.14 bits per heavy atom. The van der Waals surface area contributed by atoms with E-state index >= 15 is 0 Å². The summed E-state index contributed by atoms with van der Waals surface area (Å²) in [6.45, 7) is 0. The van der Waals surface area contributed by atoms with Gasteiger partial charge in [-0.25, -0.2) is 0 Å². The van der Waals surface area contributed by atoms with Crippen LogP contribution in [0.2, 0.25) is 0 Å². The third-order valence-corrected chi connectivity index (χ3v) is 1.26. The van der Waals surface area contributed by atoms with E-state index in [0.717, 1.165) is 0 Å². The van der Waals surface area contributed by atoms with Crippen molar-refractivity contribution < 1.29 is 0 Å². The normalized spacial score (nSPS) is 9.57. The lowest BCUT2D eigenvalue weighted by Crippen LogP contribution is -2.11. The fourth-order valence-corrected chi connectivity index (χ4v) is 1.12. The molecule has 0 bridgehead atoms. The van der Waals surface area contributed by atoms with Crippen LogP contribution in [-0.2, 0) is 0 Å². The van der Waals surface area contributed by atoms with Crippen LogP contribution in [0.3, 0.4) is 0 Å². The Hall–Kier alpha value is 0.930. The van der Waals surface area contributed by atoms with E-state index in [9.17, 15) is 0 Å². The fourth-order valence-electron chi connectivity index (χ4n) is 0.166. The van der Waals surface area contributed by atoms with E-state index < -0.39 is 0 Å². The van der Waals surface area contributed by atoms with Gasteiger partial charge in [0.25, 0.3) is 0 Å². The topological polar surface area (TPSA) is 49.9 Å². The molecule has 0 atom stereocenters. The Kier molecular flexibility index (Phi) is 4.39. The number of rotatable bonds is 2. The first kappa shape index (κ1) is 7.93. The largest absolute Gasteiger partial charge is 0.388 e. The number of amidine groups is 1. The van der Waals surface area contributed by atoms with Gasteiger partial charge in [-0.15, -0.1) is 0 Å². The molecule has 0 aromatic carbocycles. The predicted molar refractivity (Wildman–Crippen MR) is 48.4 cm³/mol. The second-order valence-corrected chi connectivity index (χ2v) is 6.51. The molecule has 42 valence electrons. The van der Waals surface area contributed by atoms with Crippen LogP contribution in [0.4, 0.5) is 0 Å². The van der Waals surface area contributed by atoms with Crippen molar-refractivity contribution in [1.82, 2.24) is 0 Å². The van der Waals surface area contributed by atoms with Crippen molar-refractivity contribution in [1.29, 1.82) is 5.41 Å². The van der Waals surface area contributed by atoms with Crippen LogP contribution in [0.25, 0.3) is 0 Å². The first-order valence-corrected chi connectivity index (χ1v) is 4.23. The molecule has 0 aromatic rings. The highest BCUT2D eigenvalue weighted by molar-refractivity contribution is 14.2. The van der Waals surface area contributed by atoms with Crippen LogP contribution in [-0.4, -0.2) is 7.77 Å². The van der Waals surface area contributed by atoms with Gasteiger partial charge in [-0.05, 0) is 0 Å². The van der Waals surface area contributed by atoms with Gasteiger partial charge < -0.3 is 5.73 Å². The second kappa shape index (κ2) is 3.88. The SMILES string of the molecule is N=C(N)CC(I)I. The molecule has 0 unspecified atom stereocenters. The Labute approximate surface area is 70.0 Å². The molecule has 7 heavy (non-hydrogen) atoms. The lowest BCUT2D eigenvalue weighted by Gasteiger charge is -1.94. The molecular formula is C3H6I2N2. The van der Waals surface area contributed by atoms with E-state index in [0.29, 0.717) is 8.35 Å². The van der Waals surface area contributed by atoms with Crippen molar-refractivity contribution in [3.63, 3.8) is 0 Å². The molecule has 0 amide bonds. The highest BCUT2D eigenvalue weighted by atomic mass is 127. The minimum Gasteiger partial charge on any atom is -0.388 e. The molecule has 0 aliphatic carbocycles. The van der Waals surface area contributed by atoms with Gasteiger partial charge in [0.05, 0.1) is 7.77 Å². The van der Waals surface area contributed by atoms with Crippen LogP contribution >= 0.6 is 45.2 Å². The average Bonchev–Trinajstić information content (AvgIpc) is 1.27. The van der Waals surface area contributed by atoms with E-state index in [2.05, 4.69) is 45.2 Å². The quantitative estimate of drug-likeness (QED) is 0.344. The van der Waals surface area contributed by atoms with E-state index in [-0.39, 0.29) is 5.84 Å². The molecule has 0 saturated heterocycles. The van der Waals surface area contributed by atoms with Gasteiger partial charge in [-0.2, -0.15) is 0 Å². The number of halogens is 2. The zero-order chi connectivity index (χ0) is 5.86. The third-order valence-electron chi connectivity index (χ3n) is 0.374. The molecule has 0 spiro atoms. The maximum Gasteiger partial charge on any atom is 0.0923 e. The zero-order valence-electron chi connectivity index (χ0n) is 3.62. The number of nitrogens with two attached hydrogens (primary N) is 1. The number of hydrogen-bond donors (Lipinski definition) is 2.